The number of amides is 2. The Hall–Kier alpha value is -1.56. The number of halogens is 2. The summed E-state index contributed by atoms with van der Waals surface area (Å²) in [5.41, 5.74) is 0.461. The molecule has 4 nitrogen and oxygen atoms in total. The molecule has 0 bridgehead atoms. The molecule has 0 radical (unpaired) electrons. The highest BCUT2D eigenvalue weighted by molar-refractivity contribution is 7.16. The van der Waals surface area contributed by atoms with Gasteiger partial charge in [0.1, 0.15) is 6.04 Å². The summed E-state index contributed by atoms with van der Waals surface area (Å²) in [7, 11) is 0. The lowest BCUT2D eigenvalue weighted by atomic mass is 10.0. The molecule has 1 aromatic carbocycles. The normalized spacial score (nSPS) is 12.0. The minimum Gasteiger partial charge on any atom is -0.349 e. The first-order valence-electron chi connectivity index (χ1n) is 7.45. The first-order valence-corrected chi connectivity index (χ1v) is 9.02. The van der Waals surface area contributed by atoms with Gasteiger partial charge in [0, 0.05) is 15.5 Å². The zero-order valence-electron chi connectivity index (χ0n) is 13.3. The van der Waals surface area contributed by atoms with E-state index in [0.717, 1.165) is 4.88 Å². The summed E-state index contributed by atoms with van der Waals surface area (Å²) in [4.78, 5) is 25.7. The van der Waals surface area contributed by atoms with Crippen LogP contribution in [0.1, 0.15) is 29.1 Å². The Morgan fingerprint density at radius 3 is 2.29 bits per heavy atom. The summed E-state index contributed by atoms with van der Waals surface area (Å²) in [5.74, 6) is -0.579. The number of hydrogen-bond donors (Lipinski definition) is 2. The van der Waals surface area contributed by atoms with E-state index >= 15 is 0 Å². The lowest BCUT2D eigenvalue weighted by Gasteiger charge is -2.21. The summed E-state index contributed by atoms with van der Waals surface area (Å²) in [5, 5.41) is 6.17. The van der Waals surface area contributed by atoms with E-state index in [4.69, 9.17) is 23.2 Å². The number of rotatable bonds is 6. The van der Waals surface area contributed by atoms with Gasteiger partial charge in [-0.1, -0.05) is 37.0 Å². The number of hydrogen-bond acceptors (Lipinski definition) is 3. The van der Waals surface area contributed by atoms with Crippen molar-refractivity contribution in [2.45, 2.75) is 26.4 Å². The Morgan fingerprint density at radius 1 is 1.08 bits per heavy atom. The Morgan fingerprint density at radius 2 is 1.75 bits per heavy atom. The van der Waals surface area contributed by atoms with Crippen LogP contribution in [-0.4, -0.2) is 17.9 Å². The average molecular weight is 385 g/mol. The smallest absolute Gasteiger partial charge is 0.251 e. The second-order valence-electron chi connectivity index (χ2n) is 5.63. The van der Waals surface area contributed by atoms with Crippen molar-refractivity contribution in [3.63, 3.8) is 0 Å². The van der Waals surface area contributed by atoms with Gasteiger partial charge < -0.3 is 10.6 Å². The molecule has 0 saturated carbocycles. The molecular weight excluding hydrogens is 367 g/mol. The van der Waals surface area contributed by atoms with Crippen LogP contribution in [0, 0.1) is 5.92 Å². The first kappa shape index (κ1) is 18.8. The molecule has 2 N–H and O–H groups in total. The first-order chi connectivity index (χ1) is 11.4. The maximum atomic E-state index is 12.4. The summed E-state index contributed by atoms with van der Waals surface area (Å²) in [6.07, 6.45) is 0. The third-order valence-electron chi connectivity index (χ3n) is 3.41. The Bertz CT molecular complexity index is 714. The fourth-order valence-corrected chi connectivity index (χ4v) is 3.24. The molecule has 1 atom stereocenters. The van der Waals surface area contributed by atoms with E-state index in [1.54, 1.807) is 30.3 Å². The van der Waals surface area contributed by atoms with Crippen molar-refractivity contribution in [2.24, 2.45) is 5.92 Å². The summed E-state index contributed by atoms with van der Waals surface area (Å²) in [6.45, 7) is 4.15. The molecule has 0 fully saturated rings. The van der Waals surface area contributed by atoms with Gasteiger partial charge in [0.2, 0.25) is 5.91 Å². The van der Waals surface area contributed by atoms with E-state index in [9.17, 15) is 9.59 Å². The molecule has 0 saturated heterocycles. The van der Waals surface area contributed by atoms with E-state index in [1.807, 2.05) is 19.9 Å². The molecule has 0 aliphatic rings. The molecule has 1 aromatic heterocycles. The van der Waals surface area contributed by atoms with Crippen molar-refractivity contribution in [1.29, 1.82) is 0 Å². The van der Waals surface area contributed by atoms with Gasteiger partial charge in [0.05, 0.1) is 10.9 Å². The van der Waals surface area contributed by atoms with Crippen molar-refractivity contribution in [2.75, 3.05) is 0 Å². The zero-order valence-corrected chi connectivity index (χ0v) is 15.6. The van der Waals surface area contributed by atoms with Crippen LogP contribution < -0.4 is 10.6 Å². The van der Waals surface area contributed by atoms with E-state index < -0.39 is 6.04 Å². The van der Waals surface area contributed by atoms with Crippen LogP contribution >= 0.6 is 34.5 Å². The predicted octanol–water partition coefficient (Wildman–Crippen LogP) is 4.13. The molecule has 7 heteroatoms. The third-order valence-corrected chi connectivity index (χ3v) is 4.89. The highest BCUT2D eigenvalue weighted by atomic mass is 35.5. The highest BCUT2D eigenvalue weighted by Gasteiger charge is 2.24. The monoisotopic (exact) mass is 384 g/mol. The van der Waals surface area contributed by atoms with Crippen molar-refractivity contribution in [3.8, 4) is 0 Å². The molecule has 1 heterocycles. The maximum absolute atomic E-state index is 12.4. The van der Waals surface area contributed by atoms with Gasteiger partial charge in [-0.05, 0) is 42.3 Å². The fraction of sp³-hybridized carbons (Fsp3) is 0.294. The molecule has 128 valence electrons. The van der Waals surface area contributed by atoms with Gasteiger partial charge in [-0.15, -0.1) is 11.3 Å². The van der Waals surface area contributed by atoms with Crippen LogP contribution in [0.25, 0.3) is 0 Å². The van der Waals surface area contributed by atoms with Gasteiger partial charge in [0.25, 0.3) is 5.91 Å². The number of nitrogens with one attached hydrogen (secondary N) is 2. The van der Waals surface area contributed by atoms with Crippen molar-refractivity contribution in [1.82, 2.24) is 10.6 Å². The van der Waals surface area contributed by atoms with Crippen LogP contribution in [0.15, 0.2) is 36.4 Å². The molecule has 24 heavy (non-hydrogen) atoms. The van der Waals surface area contributed by atoms with Crippen molar-refractivity contribution < 1.29 is 9.59 Å². The van der Waals surface area contributed by atoms with Crippen LogP contribution in [0.3, 0.4) is 0 Å². The summed E-state index contributed by atoms with van der Waals surface area (Å²) >= 11 is 13.1. The number of carbonyl (C=O) groups excluding carboxylic acids is 2. The maximum Gasteiger partial charge on any atom is 0.251 e. The molecular formula is C17H18Cl2N2O2S. The molecule has 2 rings (SSSR count). The van der Waals surface area contributed by atoms with Crippen molar-refractivity contribution >= 4 is 46.4 Å². The standard InChI is InChI=1S/C17H18Cl2N2O2S/c1-10(2)15(17(23)20-9-13-7-8-14(19)24-13)21-16(22)11-3-5-12(18)6-4-11/h3-8,10,15H,9H2,1-2H3,(H,20,23)(H,21,22). The second kappa shape index (κ2) is 8.51. The minimum atomic E-state index is -0.622. The molecule has 2 aromatic rings. The van der Waals surface area contributed by atoms with Gasteiger partial charge in [-0.2, -0.15) is 0 Å². The summed E-state index contributed by atoms with van der Waals surface area (Å²) < 4.78 is 0.677. The topological polar surface area (TPSA) is 58.2 Å². The predicted molar refractivity (Wildman–Crippen MR) is 98.7 cm³/mol. The third kappa shape index (κ3) is 5.23. The van der Waals surface area contributed by atoms with Crippen LogP contribution in [-0.2, 0) is 11.3 Å². The van der Waals surface area contributed by atoms with Crippen LogP contribution in [0.2, 0.25) is 9.36 Å². The van der Waals surface area contributed by atoms with Crippen molar-refractivity contribution in [3.05, 3.63) is 56.2 Å². The Kier molecular flexibility index (Phi) is 6.66. The molecule has 0 aliphatic carbocycles. The quantitative estimate of drug-likeness (QED) is 0.786. The number of thiophene rings is 1. The highest BCUT2D eigenvalue weighted by Crippen LogP contribution is 2.21. The number of carbonyl (C=O) groups is 2. The second-order valence-corrected chi connectivity index (χ2v) is 7.86. The zero-order chi connectivity index (χ0) is 17.7. The van der Waals surface area contributed by atoms with Gasteiger partial charge in [-0.3, -0.25) is 9.59 Å². The molecule has 2 amide bonds. The van der Waals surface area contributed by atoms with Crippen LogP contribution in [0.5, 0.6) is 0 Å². The Labute approximate surface area is 155 Å². The van der Waals surface area contributed by atoms with E-state index in [1.165, 1.54) is 11.3 Å². The lowest BCUT2D eigenvalue weighted by molar-refractivity contribution is -0.124. The lowest BCUT2D eigenvalue weighted by Crippen LogP contribution is -2.49. The average Bonchev–Trinajstić information content (AvgIpc) is 2.96. The van der Waals surface area contributed by atoms with Crippen LogP contribution in [0.4, 0.5) is 0 Å². The largest absolute Gasteiger partial charge is 0.349 e. The molecule has 0 spiro atoms. The van der Waals surface area contributed by atoms with E-state index in [0.29, 0.717) is 21.5 Å². The van der Waals surface area contributed by atoms with Gasteiger partial charge in [-0.25, -0.2) is 0 Å². The van der Waals surface area contributed by atoms with E-state index in [2.05, 4.69) is 10.6 Å². The van der Waals surface area contributed by atoms with Gasteiger partial charge in [0.15, 0.2) is 0 Å². The fourth-order valence-electron chi connectivity index (χ4n) is 2.09. The SMILES string of the molecule is CC(C)C(NC(=O)c1ccc(Cl)cc1)C(=O)NCc1ccc(Cl)s1. The Balaban J connectivity index is 1.98. The number of benzene rings is 1. The van der Waals surface area contributed by atoms with Gasteiger partial charge >= 0.3 is 0 Å². The summed E-state index contributed by atoms with van der Waals surface area (Å²) in [6, 6.07) is 9.56. The molecule has 1 unspecified atom stereocenters. The molecule has 0 aliphatic heterocycles. The van der Waals surface area contributed by atoms with E-state index in [-0.39, 0.29) is 17.7 Å². The minimum absolute atomic E-state index is 0.0480.